The van der Waals surface area contributed by atoms with E-state index in [9.17, 15) is 5.11 Å². The molecular formula is C15H25NO. The van der Waals surface area contributed by atoms with Crippen LogP contribution in [-0.4, -0.2) is 11.1 Å². The molecule has 0 aliphatic heterocycles. The van der Waals surface area contributed by atoms with Gasteiger partial charge in [0, 0.05) is 6.04 Å². The van der Waals surface area contributed by atoms with Gasteiger partial charge in [-0.05, 0) is 38.2 Å². The summed E-state index contributed by atoms with van der Waals surface area (Å²) in [5.74, 6) is 0.632. The highest BCUT2D eigenvalue weighted by atomic mass is 16.3. The molecule has 0 aliphatic carbocycles. The fourth-order valence-corrected chi connectivity index (χ4v) is 2.11. The molecule has 17 heavy (non-hydrogen) atoms. The first-order valence-electron chi connectivity index (χ1n) is 6.42. The van der Waals surface area contributed by atoms with E-state index in [1.807, 2.05) is 26.0 Å². The summed E-state index contributed by atoms with van der Waals surface area (Å²) in [6, 6.07) is 5.98. The molecule has 0 bridgehead atoms. The van der Waals surface area contributed by atoms with Crippen LogP contribution in [0.4, 0.5) is 0 Å². The Balaban J connectivity index is 2.70. The average Bonchev–Trinajstić information content (AvgIpc) is 2.23. The second kappa shape index (κ2) is 6.18. The lowest BCUT2D eigenvalue weighted by atomic mass is 9.94. The molecule has 0 aliphatic rings. The molecule has 0 spiro atoms. The highest BCUT2D eigenvalue weighted by Crippen LogP contribution is 2.22. The van der Waals surface area contributed by atoms with Gasteiger partial charge in [0.25, 0.3) is 0 Å². The van der Waals surface area contributed by atoms with E-state index in [-0.39, 0.29) is 6.04 Å². The van der Waals surface area contributed by atoms with Crippen LogP contribution in [0.2, 0.25) is 0 Å². The number of aliphatic hydroxyl groups is 1. The number of hydrogen-bond acceptors (Lipinski definition) is 2. The van der Waals surface area contributed by atoms with Gasteiger partial charge >= 0.3 is 0 Å². The van der Waals surface area contributed by atoms with Gasteiger partial charge in [0.15, 0.2) is 0 Å². The Morgan fingerprint density at radius 2 is 1.59 bits per heavy atom. The van der Waals surface area contributed by atoms with Crippen LogP contribution in [0, 0.1) is 19.8 Å². The minimum atomic E-state index is -0.549. The molecule has 0 saturated carbocycles. The Hall–Kier alpha value is -0.860. The molecule has 2 nitrogen and oxygen atoms in total. The van der Waals surface area contributed by atoms with Crippen LogP contribution < -0.4 is 5.73 Å². The van der Waals surface area contributed by atoms with Crippen molar-refractivity contribution in [3.8, 4) is 0 Å². The Morgan fingerprint density at radius 3 is 2.06 bits per heavy atom. The molecule has 0 heterocycles. The number of aliphatic hydroxyl groups excluding tert-OH is 1. The summed E-state index contributed by atoms with van der Waals surface area (Å²) in [4.78, 5) is 0. The maximum atomic E-state index is 10.2. The Morgan fingerprint density at radius 1 is 1.06 bits per heavy atom. The lowest BCUT2D eigenvalue weighted by molar-refractivity contribution is 0.139. The third kappa shape index (κ3) is 4.49. The van der Waals surface area contributed by atoms with E-state index in [2.05, 4.69) is 19.9 Å². The van der Waals surface area contributed by atoms with Gasteiger partial charge in [-0.25, -0.2) is 0 Å². The van der Waals surface area contributed by atoms with Crippen LogP contribution in [0.5, 0.6) is 0 Å². The topological polar surface area (TPSA) is 46.2 Å². The first-order chi connectivity index (χ1) is 7.90. The molecule has 3 N–H and O–H groups in total. The molecule has 96 valence electrons. The zero-order valence-corrected chi connectivity index (χ0v) is 11.4. The summed E-state index contributed by atoms with van der Waals surface area (Å²) in [6.45, 7) is 8.44. The van der Waals surface area contributed by atoms with Crippen molar-refractivity contribution < 1.29 is 5.11 Å². The molecule has 2 unspecified atom stereocenters. The number of hydrogen-bond donors (Lipinski definition) is 2. The van der Waals surface area contributed by atoms with Crippen molar-refractivity contribution in [2.75, 3.05) is 0 Å². The monoisotopic (exact) mass is 235 g/mol. The summed E-state index contributed by atoms with van der Waals surface area (Å²) < 4.78 is 0. The molecule has 0 radical (unpaired) electrons. The zero-order valence-electron chi connectivity index (χ0n) is 11.4. The van der Waals surface area contributed by atoms with E-state index in [1.54, 1.807) is 0 Å². The first-order valence-corrected chi connectivity index (χ1v) is 6.42. The molecule has 0 amide bonds. The molecule has 0 aromatic heterocycles. The number of benzene rings is 1. The molecule has 2 heteroatoms. The SMILES string of the molecule is Cc1cc(C)cc(C(O)C(N)CCC(C)C)c1. The summed E-state index contributed by atoms with van der Waals surface area (Å²) in [5, 5.41) is 10.2. The van der Waals surface area contributed by atoms with Crippen molar-refractivity contribution in [3.63, 3.8) is 0 Å². The number of nitrogens with two attached hydrogens (primary N) is 1. The number of rotatable bonds is 5. The van der Waals surface area contributed by atoms with Gasteiger partial charge in [0.1, 0.15) is 0 Å². The Kier molecular flexibility index (Phi) is 5.16. The third-order valence-electron chi connectivity index (χ3n) is 3.07. The second-order valence-corrected chi connectivity index (χ2v) is 5.50. The molecular weight excluding hydrogens is 210 g/mol. The molecule has 0 saturated heterocycles. The van der Waals surface area contributed by atoms with Crippen molar-refractivity contribution in [1.82, 2.24) is 0 Å². The van der Waals surface area contributed by atoms with E-state index in [1.165, 1.54) is 11.1 Å². The third-order valence-corrected chi connectivity index (χ3v) is 3.07. The van der Waals surface area contributed by atoms with Crippen LogP contribution in [-0.2, 0) is 0 Å². The van der Waals surface area contributed by atoms with E-state index < -0.39 is 6.10 Å². The summed E-state index contributed by atoms with van der Waals surface area (Å²) in [7, 11) is 0. The van der Waals surface area contributed by atoms with Crippen LogP contribution in [0.25, 0.3) is 0 Å². The van der Waals surface area contributed by atoms with E-state index >= 15 is 0 Å². The van der Waals surface area contributed by atoms with Crippen LogP contribution in [0.1, 0.15) is 49.5 Å². The fraction of sp³-hybridized carbons (Fsp3) is 0.600. The van der Waals surface area contributed by atoms with E-state index in [4.69, 9.17) is 5.73 Å². The molecule has 2 atom stereocenters. The lowest BCUT2D eigenvalue weighted by Gasteiger charge is -2.21. The highest BCUT2D eigenvalue weighted by Gasteiger charge is 2.17. The summed E-state index contributed by atoms with van der Waals surface area (Å²) >= 11 is 0. The minimum absolute atomic E-state index is 0.168. The molecule has 1 rings (SSSR count). The van der Waals surface area contributed by atoms with Crippen LogP contribution in [0.3, 0.4) is 0 Å². The van der Waals surface area contributed by atoms with Crippen LogP contribution in [0.15, 0.2) is 18.2 Å². The van der Waals surface area contributed by atoms with Crippen LogP contribution >= 0.6 is 0 Å². The minimum Gasteiger partial charge on any atom is -0.387 e. The molecule has 1 aromatic rings. The molecule has 0 fully saturated rings. The smallest absolute Gasteiger partial charge is 0.0941 e. The predicted octanol–water partition coefficient (Wildman–Crippen LogP) is 3.10. The van der Waals surface area contributed by atoms with Crippen molar-refractivity contribution in [2.24, 2.45) is 11.7 Å². The van der Waals surface area contributed by atoms with Gasteiger partial charge in [-0.2, -0.15) is 0 Å². The lowest BCUT2D eigenvalue weighted by Crippen LogP contribution is -2.28. The summed E-state index contributed by atoms with van der Waals surface area (Å²) in [6.07, 6.45) is 1.38. The largest absolute Gasteiger partial charge is 0.387 e. The van der Waals surface area contributed by atoms with Gasteiger partial charge in [-0.15, -0.1) is 0 Å². The second-order valence-electron chi connectivity index (χ2n) is 5.50. The van der Waals surface area contributed by atoms with Crippen molar-refractivity contribution in [1.29, 1.82) is 0 Å². The van der Waals surface area contributed by atoms with Gasteiger partial charge in [0.05, 0.1) is 6.10 Å². The van der Waals surface area contributed by atoms with Gasteiger partial charge in [-0.3, -0.25) is 0 Å². The first kappa shape index (κ1) is 14.2. The maximum absolute atomic E-state index is 10.2. The van der Waals surface area contributed by atoms with Crippen molar-refractivity contribution in [3.05, 3.63) is 34.9 Å². The average molecular weight is 235 g/mol. The normalized spacial score (nSPS) is 15.0. The summed E-state index contributed by atoms with van der Waals surface area (Å²) in [5.41, 5.74) is 9.34. The predicted molar refractivity (Wildman–Crippen MR) is 72.9 cm³/mol. The quantitative estimate of drug-likeness (QED) is 0.823. The van der Waals surface area contributed by atoms with Gasteiger partial charge < -0.3 is 10.8 Å². The number of aryl methyl sites for hydroxylation is 2. The van der Waals surface area contributed by atoms with Gasteiger partial charge in [0.2, 0.25) is 0 Å². The van der Waals surface area contributed by atoms with E-state index in [0.717, 1.165) is 18.4 Å². The standard InChI is InChI=1S/C15H25NO/c1-10(2)5-6-14(16)15(17)13-8-11(3)7-12(4)9-13/h7-10,14-15,17H,5-6,16H2,1-4H3. The Labute approximate surface area is 105 Å². The molecule has 1 aromatic carbocycles. The maximum Gasteiger partial charge on any atom is 0.0941 e. The fourth-order valence-electron chi connectivity index (χ4n) is 2.11. The van der Waals surface area contributed by atoms with Gasteiger partial charge in [-0.1, -0.05) is 43.2 Å². The highest BCUT2D eigenvalue weighted by molar-refractivity contribution is 5.30. The zero-order chi connectivity index (χ0) is 13.0. The Bertz CT molecular complexity index is 340. The van der Waals surface area contributed by atoms with Crippen molar-refractivity contribution in [2.45, 2.75) is 52.7 Å². The van der Waals surface area contributed by atoms with E-state index in [0.29, 0.717) is 5.92 Å². The van der Waals surface area contributed by atoms with Crippen molar-refractivity contribution >= 4 is 0 Å².